The van der Waals surface area contributed by atoms with Crippen LogP contribution in [0.5, 0.6) is 5.75 Å². The molecule has 5 heteroatoms. The number of nitrogens with zero attached hydrogens (tertiary/aromatic N) is 2. The number of aliphatic imine (C=N–C) groups is 1. The van der Waals surface area contributed by atoms with Gasteiger partial charge in [-0.15, -0.1) is 0 Å². The van der Waals surface area contributed by atoms with Crippen molar-refractivity contribution in [1.29, 1.82) is 0 Å². The van der Waals surface area contributed by atoms with Gasteiger partial charge in [0.05, 0.1) is 4.92 Å². The van der Waals surface area contributed by atoms with E-state index in [0.717, 1.165) is 48.1 Å². The molecule has 0 unspecified atom stereocenters. The summed E-state index contributed by atoms with van der Waals surface area (Å²) < 4.78 is 0. The standard InChI is InChI=1S/C19H20N2O3.C2H6/c1-13-11-15-3-2-4-18(17(15)12-19(13)22)20-10-9-14-5-7-16(8-6-14)21(23)24;1-2/h5-8,11-12,22H,2-4,9-10H2,1H3;1-2H3. The Morgan fingerprint density at radius 2 is 1.85 bits per heavy atom. The van der Waals surface area contributed by atoms with Crippen molar-refractivity contribution in [2.45, 2.75) is 46.5 Å². The summed E-state index contributed by atoms with van der Waals surface area (Å²) in [5, 5.41) is 20.6. The Bertz CT molecular complexity index is 796. The van der Waals surface area contributed by atoms with Crippen LogP contribution in [-0.4, -0.2) is 22.3 Å². The highest BCUT2D eigenvalue weighted by Gasteiger charge is 2.17. The fourth-order valence-electron chi connectivity index (χ4n) is 3.08. The Labute approximate surface area is 154 Å². The van der Waals surface area contributed by atoms with Gasteiger partial charge in [0.25, 0.3) is 5.69 Å². The van der Waals surface area contributed by atoms with Crippen LogP contribution in [0.1, 0.15) is 48.9 Å². The summed E-state index contributed by atoms with van der Waals surface area (Å²) in [5.74, 6) is 0.318. The molecule has 0 saturated heterocycles. The minimum Gasteiger partial charge on any atom is -0.508 e. The van der Waals surface area contributed by atoms with Crippen LogP contribution in [0.25, 0.3) is 0 Å². The van der Waals surface area contributed by atoms with Gasteiger partial charge in [0.15, 0.2) is 0 Å². The predicted octanol–water partition coefficient (Wildman–Crippen LogP) is 5.00. The SMILES string of the molecule is CC.Cc1cc2c(cc1O)C(=NCCc1ccc([N+](=O)[O-])cc1)CCC2. The van der Waals surface area contributed by atoms with Crippen LogP contribution < -0.4 is 0 Å². The molecule has 3 rings (SSSR count). The Kier molecular flexibility index (Phi) is 6.89. The molecule has 138 valence electrons. The number of rotatable bonds is 4. The maximum atomic E-state index is 10.7. The maximum absolute atomic E-state index is 10.7. The smallest absolute Gasteiger partial charge is 0.269 e. The van der Waals surface area contributed by atoms with Crippen molar-refractivity contribution in [1.82, 2.24) is 0 Å². The maximum Gasteiger partial charge on any atom is 0.269 e. The number of aryl methyl sites for hydroxylation is 2. The van der Waals surface area contributed by atoms with Crippen LogP contribution in [0.3, 0.4) is 0 Å². The van der Waals surface area contributed by atoms with Crippen LogP contribution in [0.2, 0.25) is 0 Å². The van der Waals surface area contributed by atoms with Crippen molar-refractivity contribution in [3.63, 3.8) is 0 Å². The highest BCUT2D eigenvalue weighted by atomic mass is 16.6. The predicted molar refractivity (Wildman–Crippen MR) is 105 cm³/mol. The molecule has 0 aromatic heterocycles. The van der Waals surface area contributed by atoms with E-state index in [-0.39, 0.29) is 5.69 Å². The first kappa shape index (κ1) is 19.6. The van der Waals surface area contributed by atoms with Gasteiger partial charge in [-0.25, -0.2) is 0 Å². The minimum absolute atomic E-state index is 0.108. The summed E-state index contributed by atoms with van der Waals surface area (Å²) in [6.45, 7) is 6.55. The number of benzene rings is 2. The summed E-state index contributed by atoms with van der Waals surface area (Å²) in [4.78, 5) is 15.0. The average Bonchev–Trinajstić information content (AvgIpc) is 2.65. The van der Waals surface area contributed by atoms with E-state index >= 15 is 0 Å². The van der Waals surface area contributed by atoms with E-state index in [2.05, 4.69) is 6.07 Å². The van der Waals surface area contributed by atoms with Gasteiger partial charge in [-0.05, 0) is 55.4 Å². The van der Waals surface area contributed by atoms with E-state index in [1.807, 2.05) is 26.8 Å². The zero-order valence-electron chi connectivity index (χ0n) is 15.7. The van der Waals surface area contributed by atoms with E-state index in [9.17, 15) is 15.2 Å². The topological polar surface area (TPSA) is 75.7 Å². The Hall–Kier alpha value is -2.69. The van der Waals surface area contributed by atoms with Gasteiger partial charge in [0.2, 0.25) is 0 Å². The zero-order valence-corrected chi connectivity index (χ0v) is 15.7. The van der Waals surface area contributed by atoms with E-state index in [0.29, 0.717) is 12.3 Å². The quantitative estimate of drug-likeness (QED) is 0.620. The number of aromatic hydroxyl groups is 1. The molecule has 2 aromatic rings. The third kappa shape index (κ3) is 4.69. The summed E-state index contributed by atoms with van der Waals surface area (Å²) in [6, 6.07) is 10.5. The number of hydrogen-bond donors (Lipinski definition) is 1. The van der Waals surface area contributed by atoms with Crippen LogP contribution in [0.4, 0.5) is 5.69 Å². The van der Waals surface area contributed by atoms with Gasteiger partial charge in [0, 0.05) is 30.0 Å². The molecule has 0 fully saturated rings. The van der Waals surface area contributed by atoms with Crippen molar-refractivity contribution in [3.8, 4) is 5.75 Å². The molecule has 1 aliphatic rings. The zero-order chi connectivity index (χ0) is 19.1. The van der Waals surface area contributed by atoms with Gasteiger partial charge in [-0.2, -0.15) is 0 Å². The van der Waals surface area contributed by atoms with Crippen molar-refractivity contribution in [3.05, 3.63) is 68.8 Å². The van der Waals surface area contributed by atoms with E-state index in [1.54, 1.807) is 12.1 Å². The van der Waals surface area contributed by atoms with E-state index < -0.39 is 4.92 Å². The second kappa shape index (κ2) is 9.13. The van der Waals surface area contributed by atoms with Crippen LogP contribution in [-0.2, 0) is 12.8 Å². The average molecular weight is 354 g/mol. The van der Waals surface area contributed by atoms with Gasteiger partial charge < -0.3 is 5.11 Å². The molecule has 0 amide bonds. The van der Waals surface area contributed by atoms with E-state index in [4.69, 9.17) is 4.99 Å². The van der Waals surface area contributed by atoms with Gasteiger partial charge in [-0.1, -0.05) is 32.0 Å². The molecule has 2 aromatic carbocycles. The van der Waals surface area contributed by atoms with E-state index in [1.165, 1.54) is 17.7 Å². The number of phenols is 1. The lowest BCUT2D eigenvalue weighted by atomic mass is 9.88. The largest absolute Gasteiger partial charge is 0.508 e. The molecule has 0 aliphatic heterocycles. The fraction of sp³-hybridized carbons (Fsp3) is 0.381. The first-order chi connectivity index (χ1) is 12.5. The molecule has 26 heavy (non-hydrogen) atoms. The lowest BCUT2D eigenvalue weighted by Crippen LogP contribution is -2.13. The molecule has 0 radical (unpaired) electrons. The van der Waals surface area contributed by atoms with Crippen molar-refractivity contribution in [2.24, 2.45) is 4.99 Å². The molecule has 1 aliphatic carbocycles. The summed E-state index contributed by atoms with van der Waals surface area (Å²) in [5.41, 5.74) is 5.41. The van der Waals surface area contributed by atoms with Crippen molar-refractivity contribution >= 4 is 11.4 Å². The highest BCUT2D eigenvalue weighted by molar-refractivity contribution is 6.03. The first-order valence-electron chi connectivity index (χ1n) is 9.14. The number of nitro groups is 1. The minimum atomic E-state index is -0.391. The lowest BCUT2D eigenvalue weighted by Gasteiger charge is -2.19. The molecule has 5 nitrogen and oxygen atoms in total. The molecule has 0 atom stereocenters. The van der Waals surface area contributed by atoms with Gasteiger partial charge in [0.1, 0.15) is 5.75 Å². The van der Waals surface area contributed by atoms with Gasteiger partial charge in [-0.3, -0.25) is 15.1 Å². The monoisotopic (exact) mass is 354 g/mol. The summed E-state index contributed by atoms with van der Waals surface area (Å²) in [7, 11) is 0. The second-order valence-corrected chi connectivity index (χ2v) is 6.15. The highest BCUT2D eigenvalue weighted by Crippen LogP contribution is 2.28. The van der Waals surface area contributed by atoms with Crippen LogP contribution >= 0.6 is 0 Å². The lowest BCUT2D eigenvalue weighted by molar-refractivity contribution is -0.384. The number of hydrogen-bond acceptors (Lipinski definition) is 4. The van der Waals surface area contributed by atoms with Gasteiger partial charge >= 0.3 is 0 Å². The fourth-order valence-corrected chi connectivity index (χ4v) is 3.08. The molecular weight excluding hydrogens is 328 g/mol. The van der Waals surface area contributed by atoms with Crippen molar-refractivity contribution < 1.29 is 10.0 Å². The molecule has 0 bridgehead atoms. The normalized spacial score (nSPS) is 14.3. The number of phenolic OH excluding ortho intramolecular Hbond substituents is 1. The summed E-state index contributed by atoms with van der Waals surface area (Å²) in [6.07, 6.45) is 3.77. The van der Waals surface area contributed by atoms with Crippen LogP contribution in [0.15, 0.2) is 41.4 Å². The third-order valence-corrected chi connectivity index (χ3v) is 4.44. The number of non-ortho nitro benzene ring substituents is 1. The Morgan fingerprint density at radius 1 is 1.15 bits per heavy atom. The van der Waals surface area contributed by atoms with Crippen LogP contribution in [0, 0.1) is 17.0 Å². The van der Waals surface area contributed by atoms with Crippen molar-refractivity contribution in [2.75, 3.05) is 6.54 Å². The molecule has 0 heterocycles. The number of nitro benzene ring substituents is 1. The first-order valence-corrected chi connectivity index (χ1v) is 9.14. The number of fused-ring (bicyclic) bond motifs is 1. The second-order valence-electron chi connectivity index (χ2n) is 6.15. The molecule has 1 N–H and O–H groups in total. The Morgan fingerprint density at radius 3 is 2.50 bits per heavy atom. The third-order valence-electron chi connectivity index (χ3n) is 4.44. The Balaban J connectivity index is 0.00000117. The molecule has 0 spiro atoms. The summed E-state index contributed by atoms with van der Waals surface area (Å²) >= 11 is 0. The molecular formula is C21H26N2O3. The molecule has 0 saturated carbocycles.